The molecule has 1 aromatic carbocycles. The molecule has 128 valence electrons. The molecule has 0 radical (unpaired) electrons. The molecule has 24 heavy (non-hydrogen) atoms. The van der Waals surface area contributed by atoms with Crippen molar-refractivity contribution in [2.24, 2.45) is 0 Å². The Kier molecular flexibility index (Phi) is 4.94. The molecule has 0 saturated carbocycles. The molecule has 8 heteroatoms. The molecule has 1 saturated heterocycles. The lowest BCUT2D eigenvalue weighted by molar-refractivity contribution is -0.131. The molecule has 0 bridgehead atoms. The third kappa shape index (κ3) is 3.19. The van der Waals surface area contributed by atoms with E-state index in [4.69, 9.17) is 9.47 Å². The molecular formula is C16H19N3O4S. The molecule has 1 fully saturated rings. The van der Waals surface area contributed by atoms with Gasteiger partial charge in [-0.1, -0.05) is 0 Å². The Morgan fingerprint density at radius 3 is 2.54 bits per heavy atom. The van der Waals surface area contributed by atoms with Gasteiger partial charge in [0.15, 0.2) is 11.5 Å². The fourth-order valence-corrected chi connectivity index (χ4v) is 3.56. The first-order valence-corrected chi connectivity index (χ1v) is 8.76. The summed E-state index contributed by atoms with van der Waals surface area (Å²) in [6.07, 6.45) is 1.41. The van der Waals surface area contributed by atoms with Crippen molar-refractivity contribution in [3.05, 3.63) is 28.8 Å². The predicted octanol–water partition coefficient (Wildman–Crippen LogP) is 0.989. The van der Waals surface area contributed by atoms with Gasteiger partial charge in [-0.05, 0) is 6.07 Å². The molecule has 2 heterocycles. The number of aromatic nitrogens is 2. The lowest BCUT2D eigenvalue weighted by Crippen LogP contribution is -2.41. The minimum absolute atomic E-state index is 0.000778. The first-order chi connectivity index (χ1) is 11.6. The number of hydrogen-bond acceptors (Lipinski definition) is 6. The highest BCUT2D eigenvalue weighted by Crippen LogP contribution is 2.29. The number of carbonyl (C=O) groups excluding carboxylic acids is 1. The summed E-state index contributed by atoms with van der Waals surface area (Å²) in [5, 5.41) is 0.400. The van der Waals surface area contributed by atoms with Crippen molar-refractivity contribution in [2.45, 2.75) is 6.54 Å². The molecule has 2 aromatic rings. The molecule has 0 aliphatic carbocycles. The van der Waals surface area contributed by atoms with Crippen LogP contribution in [0.3, 0.4) is 0 Å². The highest BCUT2D eigenvalue weighted by molar-refractivity contribution is 7.99. The van der Waals surface area contributed by atoms with Crippen molar-refractivity contribution >= 4 is 28.6 Å². The van der Waals surface area contributed by atoms with Crippen LogP contribution in [0.15, 0.2) is 23.3 Å². The lowest BCUT2D eigenvalue weighted by Gasteiger charge is -2.26. The molecular weight excluding hydrogens is 330 g/mol. The van der Waals surface area contributed by atoms with Gasteiger partial charge in [0.1, 0.15) is 6.54 Å². The zero-order chi connectivity index (χ0) is 17.1. The van der Waals surface area contributed by atoms with E-state index in [1.54, 1.807) is 17.0 Å². The number of thioether (sulfide) groups is 1. The standard InChI is InChI=1S/C16H19N3O4S/c1-22-13-7-11-12(8-14(13)23-2)17-10-19(16(11)21)9-15(20)18-3-5-24-6-4-18/h7-8,10H,3-6,9H2,1-2H3. The van der Waals surface area contributed by atoms with Gasteiger partial charge in [0.2, 0.25) is 5.91 Å². The van der Waals surface area contributed by atoms with E-state index in [0.717, 1.165) is 24.6 Å². The van der Waals surface area contributed by atoms with E-state index in [1.807, 2.05) is 11.8 Å². The number of ether oxygens (including phenoxy) is 2. The van der Waals surface area contributed by atoms with E-state index in [1.165, 1.54) is 25.1 Å². The van der Waals surface area contributed by atoms with E-state index >= 15 is 0 Å². The highest BCUT2D eigenvalue weighted by atomic mass is 32.2. The fraction of sp³-hybridized carbons (Fsp3) is 0.438. The molecule has 3 rings (SSSR count). The van der Waals surface area contributed by atoms with E-state index in [2.05, 4.69) is 4.98 Å². The quantitative estimate of drug-likeness (QED) is 0.820. The van der Waals surface area contributed by atoms with Crippen LogP contribution >= 0.6 is 11.8 Å². The number of amides is 1. The Hall–Kier alpha value is -2.22. The van der Waals surface area contributed by atoms with Crippen LogP contribution in [0.1, 0.15) is 0 Å². The summed E-state index contributed by atoms with van der Waals surface area (Å²) in [6.45, 7) is 1.45. The summed E-state index contributed by atoms with van der Waals surface area (Å²) in [6, 6.07) is 3.26. The van der Waals surface area contributed by atoms with Gasteiger partial charge in [0.05, 0.1) is 31.4 Å². The second-order valence-electron chi connectivity index (χ2n) is 5.40. The van der Waals surface area contributed by atoms with Gasteiger partial charge in [-0.15, -0.1) is 0 Å². The zero-order valence-corrected chi connectivity index (χ0v) is 14.5. The molecule has 0 unspecified atom stereocenters. The molecule has 0 atom stereocenters. The second-order valence-corrected chi connectivity index (χ2v) is 6.62. The number of hydrogen-bond donors (Lipinski definition) is 0. The van der Waals surface area contributed by atoms with Crippen LogP contribution in [0, 0.1) is 0 Å². The Bertz CT molecular complexity index is 815. The number of carbonyl (C=O) groups is 1. The predicted molar refractivity (Wildman–Crippen MR) is 93.0 cm³/mol. The highest BCUT2D eigenvalue weighted by Gasteiger charge is 2.18. The average Bonchev–Trinajstić information content (AvgIpc) is 2.63. The van der Waals surface area contributed by atoms with Crippen molar-refractivity contribution < 1.29 is 14.3 Å². The Morgan fingerprint density at radius 1 is 1.21 bits per heavy atom. The van der Waals surface area contributed by atoms with Crippen molar-refractivity contribution in [1.82, 2.24) is 14.5 Å². The van der Waals surface area contributed by atoms with Crippen molar-refractivity contribution in [3.8, 4) is 11.5 Å². The van der Waals surface area contributed by atoms with Gasteiger partial charge < -0.3 is 14.4 Å². The maximum Gasteiger partial charge on any atom is 0.261 e. The molecule has 1 aliphatic rings. The normalized spacial score (nSPS) is 14.7. The van der Waals surface area contributed by atoms with Crippen LogP contribution < -0.4 is 15.0 Å². The van der Waals surface area contributed by atoms with Gasteiger partial charge in [0.25, 0.3) is 5.56 Å². The first-order valence-electron chi connectivity index (χ1n) is 7.60. The molecule has 1 aliphatic heterocycles. The number of nitrogens with zero attached hydrogens (tertiary/aromatic N) is 3. The van der Waals surface area contributed by atoms with E-state index in [0.29, 0.717) is 22.4 Å². The Labute approximate surface area is 143 Å². The van der Waals surface area contributed by atoms with Crippen molar-refractivity contribution in [2.75, 3.05) is 38.8 Å². The summed E-state index contributed by atoms with van der Waals surface area (Å²) in [5.74, 6) is 2.79. The smallest absolute Gasteiger partial charge is 0.261 e. The van der Waals surface area contributed by atoms with Crippen molar-refractivity contribution in [3.63, 3.8) is 0 Å². The van der Waals surface area contributed by atoms with Crippen LogP contribution in [-0.4, -0.2) is 59.2 Å². The number of methoxy groups -OCH3 is 2. The van der Waals surface area contributed by atoms with Gasteiger partial charge in [-0.25, -0.2) is 4.98 Å². The second kappa shape index (κ2) is 7.12. The summed E-state index contributed by atoms with van der Waals surface area (Å²) in [4.78, 5) is 31.1. The monoisotopic (exact) mass is 349 g/mol. The Morgan fingerprint density at radius 2 is 1.88 bits per heavy atom. The molecule has 1 amide bonds. The SMILES string of the molecule is COc1cc2ncn(CC(=O)N3CCSCC3)c(=O)c2cc1OC. The topological polar surface area (TPSA) is 73.7 Å². The van der Waals surface area contributed by atoms with Crippen LogP contribution in [0.5, 0.6) is 11.5 Å². The minimum Gasteiger partial charge on any atom is -0.493 e. The first kappa shape index (κ1) is 16.6. The summed E-state index contributed by atoms with van der Waals surface area (Å²) in [7, 11) is 3.04. The fourth-order valence-electron chi connectivity index (χ4n) is 2.66. The zero-order valence-electron chi connectivity index (χ0n) is 13.7. The third-order valence-corrected chi connectivity index (χ3v) is 4.94. The summed E-state index contributed by atoms with van der Waals surface area (Å²) in [5.41, 5.74) is 0.247. The maximum atomic E-state index is 12.7. The van der Waals surface area contributed by atoms with Gasteiger partial charge in [-0.3, -0.25) is 14.2 Å². The van der Waals surface area contributed by atoms with Gasteiger partial charge in [-0.2, -0.15) is 11.8 Å². The van der Waals surface area contributed by atoms with Crippen molar-refractivity contribution in [1.29, 1.82) is 0 Å². The largest absolute Gasteiger partial charge is 0.493 e. The molecule has 1 aromatic heterocycles. The summed E-state index contributed by atoms with van der Waals surface area (Å²) < 4.78 is 11.8. The van der Waals surface area contributed by atoms with Crippen LogP contribution in [-0.2, 0) is 11.3 Å². The van der Waals surface area contributed by atoms with Gasteiger partial charge >= 0.3 is 0 Å². The Balaban J connectivity index is 1.93. The van der Waals surface area contributed by atoms with Crippen LogP contribution in [0.25, 0.3) is 10.9 Å². The number of benzene rings is 1. The van der Waals surface area contributed by atoms with Crippen LogP contribution in [0.2, 0.25) is 0 Å². The van der Waals surface area contributed by atoms with E-state index in [9.17, 15) is 9.59 Å². The number of rotatable bonds is 4. The maximum absolute atomic E-state index is 12.7. The third-order valence-electron chi connectivity index (χ3n) is 4.00. The minimum atomic E-state index is -0.263. The van der Waals surface area contributed by atoms with Crippen LogP contribution in [0.4, 0.5) is 0 Å². The molecule has 0 N–H and O–H groups in total. The lowest BCUT2D eigenvalue weighted by atomic mass is 10.2. The number of fused-ring (bicyclic) bond motifs is 1. The van der Waals surface area contributed by atoms with E-state index < -0.39 is 0 Å². The van der Waals surface area contributed by atoms with Gasteiger partial charge in [0, 0.05) is 30.7 Å². The molecule has 0 spiro atoms. The van der Waals surface area contributed by atoms with E-state index in [-0.39, 0.29) is 18.0 Å². The summed E-state index contributed by atoms with van der Waals surface area (Å²) >= 11 is 1.83. The molecule has 7 nitrogen and oxygen atoms in total. The average molecular weight is 349 g/mol.